The van der Waals surface area contributed by atoms with Crippen LogP contribution in [0.4, 0.5) is 5.69 Å². The largest absolute Gasteiger partial charge is 0.399 e. The molecular formula is C10H14N2O5. The van der Waals surface area contributed by atoms with Gasteiger partial charge in [0.15, 0.2) is 6.23 Å². The van der Waals surface area contributed by atoms with E-state index in [1.807, 2.05) is 0 Å². The minimum Gasteiger partial charge on any atom is -0.399 e. The second kappa shape index (κ2) is 4.46. The standard InChI is InChI=1S/C10H14N2O5/c11-5-1-2-12(7(14)3-5)10-9(16)8(15)6(4-13)17-10/h1-3,6,8-10,13,15-16H,4,11H2/t6-,8-,9-,10-/m1/s1. The first-order valence-corrected chi connectivity index (χ1v) is 5.14. The summed E-state index contributed by atoms with van der Waals surface area (Å²) in [4.78, 5) is 11.6. The number of aliphatic hydroxyl groups excluding tert-OH is 3. The average molecular weight is 242 g/mol. The van der Waals surface area contributed by atoms with E-state index in [2.05, 4.69) is 0 Å². The monoisotopic (exact) mass is 242 g/mol. The van der Waals surface area contributed by atoms with Crippen molar-refractivity contribution in [3.8, 4) is 0 Å². The van der Waals surface area contributed by atoms with Gasteiger partial charge in [-0.15, -0.1) is 0 Å². The lowest BCUT2D eigenvalue weighted by Crippen LogP contribution is -2.35. The van der Waals surface area contributed by atoms with E-state index in [0.29, 0.717) is 5.69 Å². The van der Waals surface area contributed by atoms with Crippen molar-refractivity contribution in [2.24, 2.45) is 0 Å². The first-order chi connectivity index (χ1) is 8.04. The summed E-state index contributed by atoms with van der Waals surface area (Å²) in [7, 11) is 0. The van der Waals surface area contributed by atoms with Crippen LogP contribution in [-0.4, -0.2) is 44.8 Å². The van der Waals surface area contributed by atoms with Crippen molar-refractivity contribution in [3.05, 3.63) is 28.7 Å². The molecule has 1 aromatic heterocycles. The predicted octanol–water partition coefficient (Wildman–Crippen LogP) is -1.96. The van der Waals surface area contributed by atoms with Gasteiger partial charge in [0.1, 0.15) is 18.3 Å². The molecule has 1 saturated heterocycles. The molecule has 0 aliphatic carbocycles. The van der Waals surface area contributed by atoms with E-state index in [4.69, 9.17) is 15.6 Å². The van der Waals surface area contributed by atoms with E-state index in [0.717, 1.165) is 4.57 Å². The first-order valence-electron chi connectivity index (χ1n) is 5.14. The number of rotatable bonds is 2. The molecule has 1 aliphatic rings. The minimum absolute atomic E-state index is 0.304. The molecule has 17 heavy (non-hydrogen) atoms. The van der Waals surface area contributed by atoms with Crippen LogP contribution >= 0.6 is 0 Å². The summed E-state index contributed by atoms with van der Waals surface area (Å²) in [6.45, 7) is -0.432. The van der Waals surface area contributed by atoms with Crippen LogP contribution in [0.5, 0.6) is 0 Å². The van der Waals surface area contributed by atoms with E-state index in [1.165, 1.54) is 18.3 Å². The number of anilines is 1. The number of ether oxygens (including phenoxy) is 1. The van der Waals surface area contributed by atoms with Crippen molar-refractivity contribution < 1.29 is 20.1 Å². The molecule has 0 radical (unpaired) electrons. The van der Waals surface area contributed by atoms with Crippen molar-refractivity contribution in [2.45, 2.75) is 24.5 Å². The smallest absolute Gasteiger partial charge is 0.254 e. The normalized spacial score (nSPS) is 32.9. The van der Waals surface area contributed by atoms with Crippen LogP contribution in [0.1, 0.15) is 6.23 Å². The minimum atomic E-state index is -1.27. The van der Waals surface area contributed by atoms with Gasteiger partial charge in [-0.25, -0.2) is 0 Å². The summed E-state index contributed by atoms with van der Waals surface area (Å²) >= 11 is 0. The molecule has 0 aromatic carbocycles. The predicted molar refractivity (Wildman–Crippen MR) is 58.1 cm³/mol. The van der Waals surface area contributed by atoms with Crippen LogP contribution in [0.2, 0.25) is 0 Å². The Morgan fingerprint density at radius 1 is 1.41 bits per heavy atom. The molecule has 2 heterocycles. The Labute approximate surface area is 96.7 Å². The van der Waals surface area contributed by atoms with E-state index in [1.54, 1.807) is 0 Å². The van der Waals surface area contributed by atoms with Gasteiger partial charge < -0.3 is 25.8 Å². The lowest BCUT2D eigenvalue weighted by atomic mass is 10.1. The Kier molecular flexibility index (Phi) is 3.16. The fraction of sp³-hybridized carbons (Fsp3) is 0.500. The fourth-order valence-corrected chi connectivity index (χ4v) is 1.83. The molecule has 4 atom stereocenters. The van der Waals surface area contributed by atoms with E-state index >= 15 is 0 Å². The second-order valence-corrected chi connectivity index (χ2v) is 3.93. The van der Waals surface area contributed by atoms with Crippen molar-refractivity contribution in [3.63, 3.8) is 0 Å². The van der Waals surface area contributed by atoms with Crippen molar-refractivity contribution in [2.75, 3.05) is 12.3 Å². The maximum Gasteiger partial charge on any atom is 0.254 e. The van der Waals surface area contributed by atoms with Crippen LogP contribution in [0.25, 0.3) is 0 Å². The highest BCUT2D eigenvalue weighted by molar-refractivity contribution is 5.34. The molecule has 7 heteroatoms. The molecule has 94 valence electrons. The number of aromatic nitrogens is 1. The van der Waals surface area contributed by atoms with E-state index in [9.17, 15) is 15.0 Å². The third-order valence-electron chi connectivity index (χ3n) is 2.76. The molecule has 7 nitrogen and oxygen atoms in total. The molecular weight excluding hydrogens is 228 g/mol. The number of hydrogen-bond acceptors (Lipinski definition) is 6. The highest BCUT2D eigenvalue weighted by Crippen LogP contribution is 2.28. The fourth-order valence-electron chi connectivity index (χ4n) is 1.83. The van der Waals surface area contributed by atoms with Crippen LogP contribution in [0, 0.1) is 0 Å². The summed E-state index contributed by atoms with van der Waals surface area (Å²) in [5.74, 6) is 0. The van der Waals surface area contributed by atoms with Gasteiger partial charge in [-0.05, 0) is 6.07 Å². The summed E-state index contributed by atoms with van der Waals surface area (Å²) < 4.78 is 6.34. The van der Waals surface area contributed by atoms with Crippen molar-refractivity contribution in [1.82, 2.24) is 4.57 Å². The number of aliphatic hydroxyl groups is 3. The van der Waals surface area contributed by atoms with Gasteiger partial charge in [0.05, 0.1) is 6.61 Å². The average Bonchev–Trinajstić information content (AvgIpc) is 2.57. The van der Waals surface area contributed by atoms with Gasteiger partial charge in [-0.3, -0.25) is 9.36 Å². The lowest BCUT2D eigenvalue weighted by Gasteiger charge is -2.17. The van der Waals surface area contributed by atoms with Crippen LogP contribution < -0.4 is 11.3 Å². The number of pyridine rings is 1. The third-order valence-corrected chi connectivity index (χ3v) is 2.76. The van der Waals surface area contributed by atoms with Gasteiger partial charge in [-0.2, -0.15) is 0 Å². The topological polar surface area (TPSA) is 118 Å². The van der Waals surface area contributed by atoms with Crippen molar-refractivity contribution in [1.29, 1.82) is 0 Å². The summed E-state index contributed by atoms with van der Waals surface area (Å²) in [5.41, 5.74) is 5.29. The molecule has 0 unspecified atom stereocenters. The maximum absolute atomic E-state index is 11.6. The molecule has 0 bridgehead atoms. The lowest BCUT2D eigenvalue weighted by molar-refractivity contribution is -0.0543. The van der Waals surface area contributed by atoms with Gasteiger partial charge in [0.2, 0.25) is 0 Å². The number of nitrogens with two attached hydrogens (primary N) is 1. The maximum atomic E-state index is 11.6. The molecule has 5 N–H and O–H groups in total. The molecule has 1 aromatic rings. The SMILES string of the molecule is Nc1ccn([C@@H]2O[C@H](CO)[C@@H](O)[C@H]2O)c(=O)c1. The van der Waals surface area contributed by atoms with Crippen LogP contribution in [-0.2, 0) is 4.74 Å². The molecule has 0 saturated carbocycles. The zero-order valence-corrected chi connectivity index (χ0v) is 8.93. The quantitative estimate of drug-likeness (QED) is 0.478. The molecule has 0 amide bonds. The van der Waals surface area contributed by atoms with Gasteiger partial charge in [0.25, 0.3) is 5.56 Å². The van der Waals surface area contributed by atoms with Crippen molar-refractivity contribution >= 4 is 5.69 Å². The number of nitrogen functional groups attached to an aromatic ring is 1. The number of hydrogen-bond donors (Lipinski definition) is 4. The van der Waals surface area contributed by atoms with Gasteiger partial charge in [-0.1, -0.05) is 0 Å². The Morgan fingerprint density at radius 3 is 2.65 bits per heavy atom. The highest BCUT2D eigenvalue weighted by atomic mass is 16.6. The highest BCUT2D eigenvalue weighted by Gasteiger charge is 2.43. The molecule has 2 rings (SSSR count). The Hall–Kier alpha value is -1.41. The summed E-state index contributed by atoms with van der Waals surface area (Å²) in [6, 6.07) is 2.67. The third kappa shape index (κ3) is 2.05. The summed E-state index contributed by atoms with van der Waals surface area (Å²) in [5, 5.41) is 28.2. The first kappa shape index (κ1) is 12.1. The van der Waals surface area contributed by atoms with Crippen LogP contribution in [0.3, 0.4) is 0 Å². The molecule has 1 fully saturated rings. The van der Waals surface area contributed by atoms with Gasteiger partial charge in [0, 0.05) is 18.0 Å². The number of nitrogens with zero attached hydrogens (tertiary/aromatic N) is 1. The van der Waals surface area contributed by atoms with E-state index in [-0.39, 0.29) is 0 Å². The van der Waals surface area contributed by atoms with Crippen LogP contribution in [0.15, 0.2) is 23.1 Å². The Morgan fingerprint density at radius 2 is 2.12 bits per heavy atom. The van der Waals surface area contributed by atoms with E-state index < -0.39 is 36.7 Å². The zero-order valence-electron chi connectivity index (χ0n) is 8.93. The molecule has 0 spiro atoms. The Balaban J connectivity index is 2.32. The second-order valence-electron chi connectivity index (χ2n) is 3.93. The zero-order chi connectivity index (χ0) is 12.6. The molecule has 1 aliphatic heterocycles. The van der Waals surface area contributed by atoms with Gasteiger partial charge >= 0.3 is 0 Å². The Bertz CT molecular complexity index is 460. The summed E-state index contributed by atoms with van der Waals surface area (Å²) in [6.07, 6.45) is -3.05.